The van der Waals surface area contributed by atoms with Gasteiger partial charge in [0.2, 0.25) is 0 Å². The Labute approximate surface area is 191 Å². The van der Waals surface area contributed by atoms with Crippen molar-refractivity contribution in [2.75, 3.05) is 11.5 Å². The Morgan fingerprint density at radius 3 is 2.19 bits per heavy atom. The van der Waals surface area contributed by atoms with E-state index in [-0.39, 0.29) is 0 Å². The standard InChI is InChI=1S/C28H23N3S/c1-3-9-18(4-2)19-14-16-20(17-15-19)31-23-12-7-5-10-21(23)25(29)27(31)28-26(30)22-11-6-8-13-24(22)32-28/h3-17H,1-2,29-30H2/b18-9+. The van der Waals surface area contributed by atoms with Gasteiger partial charge in [0.25, 0.3) is 0 Å². The third-order valence-electron chi connectivity index (χ3n) is 5.74. The molecular weight excluding hydrogens is 410 g/mol. The SMILES string of the molecule is C=C/C=C(\C=C)c1ccc(-n2c(-c3sc4ccccc4c3N)c(N)c3ccccc32)cc1. The summed E-state index contributed by atoms with van der Waals surface area (Å²) in [5.41, 5.74) is 20.0. The van der Waals surface area contributed by atoms with E-state index in [4.69, 9.17) is 11.5 Å². The molecule has 5 aromatic rings. The van der Waals surface area contributed by atoms with E-state index < -0.39 is 0 Å². The lowest BCUT2D eigenvalue weighted by Crippen LogP contribution is -1.99. The third kappa shape index (κ3) is 3.04. The fraction of sp³-hybridized carbons (Fsp3) is 0. The maximum Gasteiger partial charge on any atom is 0.0894 e. The summed E-state index contributed by atoms with van der Waals surface area (Å²) >= 11 is 1.67. The minimum absolute atomic E-state index is 0.737. The molecule has 156 valence electrons. The Morgan fingerprint density at radius 1 is 0.812 bits per heavy atom. The highest BCUT2D eigenvalue weighted by molar-refractivity contribution is 7.23. The van der Waals surface area contributed by atoms with Gasteiger partial charge in [0.15, 0.2) is 0 Å². The van der Waals surface area contributed by atoms with Gasteiger partial charge in [-0.3, -0.25) is 0 Å². The number of hydrogen-bond acceptors (Lipinski definition) is 3. The van der Waals surface area contributed by atoms with Crippen molar-refractivity contribution < 1.29 is 0 Å². The Kier molecular flexibility index (Phi) is 4.92. The summed E-state index contributed by atoms with van der Waals surface area (Å²) in [6.45, 7) is 7.71. The predicted octanol–water partition coefficient (Wildman–Crippen LogP) is 7.43. The number of nitrogens with two attached hydrogens (primary N) is 2. The monoisotopic (exact) mass is 433 g/mol. The maximum atomic E-state index is 6.74. The molecule has 0 amide bonds. The van der Waals surface area contributed by atoms with Gasteiger partial charge in [-0.1, -0.05) is 79.9 Å². The molecule has 0 radical (unpaired) electrons. The quantitative estimate of drug-likeness (QED) is 0.283. The van der Waals surface area contributed by atoms with Crippen molar-refractivity contribution >= 4 is 49.3 Å². The molecule has 0 fully saturated rings. The van der Waals surface area contributed by atoms with Crippen LogP contribution in [0.2, 0.25) is 0 Å². The number of benzene rings is 3. The highest BCUT2D eigenvalue weighted by Gasteiger charge is 2.22. The Morgan fingerprint density at radius 2 is 1.50 bits per heavy atom. The number of nitrogen functional groups attached to an aromatic ring is 2. The topological polar surface area (TPSA) is 57.0 Å². The number of nitrogens with zero attached hydrogens (tertiary/aromatic N) is 1. The van der Waals surface area contributed by atoms with Crippen molar-refractivity contribution in [3.8, 4) is 16.3 Å². The van der Waals surface area contributed by atoms with Crippen LogP contribution in [0.4, 0.5) is 11.4 Å². The van der Waals surface area contributed by atoms with Crippen LogP contribution in [-0.4, -0.2) is 4.57 Å². The summed E-state index contributed by atoms with van der Waals surface area (Å²) in [6.07, 6.45) is 5.56. The molecule has 3 aromatic carbocycles. The number of thiophene rings is 1. The summed E-state index contributed by atoms with van der Waals surface area (Å²) < 4.78 is 3.36. The molecule has 32 heavy (non-hydrogen) atoms. The zero-order valence-corrected chi connectivity index (χ0v) is 18.4. The molecule has 0 unspecified atom stereocenters. The lowest BCUT2D eigenvalue weighted by molar-refractivity contribution is 1.14. The third-order valence-corrected chi connectivity index (χ3v) is 6.93. The molecule has 0 aliphatic heterocycles. The van der Waals surface area contributed by atoms with E-state index in [0.29, 0.717) is 0 Å². The number of allylic oxidation sites excluding steroid dienone is 4. The van der Waals surface area contributed by atoms with Gasteiger partial charge >= 0.3 is 0 Å². The second-order valence-electron chi connectivity index (χ2n) is 7.56. The fourth-order valence-electron chi connectivity index (χ4n) is 4.21. The number of fused-ring (bicyclic) bond motifs is 2. The van der Waals surface area contributed by atoms with Crippen LogP contribution in [0.15, 0.2) is 104 Å². The minimum Gasteiger partial charge on any atom is -0.397 e. The number of hydrogen-bond donors (Lipinski definition) is 2. The molecule has 0 spiro atoms. The van der Waals surface area contributed by atoms with Gasteiger partial charge in [-0.25, -0.2) is 0 Å². The van der Waals surface area contributed by atoms with Crippen LogP contribution in [0.5, 0.6) is 0 Å². The molecule has 0 aliphatic rings. The van der Waals surface area contributed by atoms with E-state index in [1.54, 1.807) is 17.4 Å². The Balaban J connectivity index is 1.78. The van der Waals surface area contributed by atoms with Gasteiger partial charge in [-0.05, 0) is 35.4 Å². The minimum atomic E-state index is 0.737. The van der Waals surface area contributed by atoms with Crippen LogP contribution in [0.3, 0.4) is 0 Å². The summed E-state index contributed by atoms with van der Waals surface area (Å²) in [5.74, 6) is 0. The molecule has 0 bridgehead atoms. The zero-order chi connectivity index (χ0) is 22.2. The first-order valence-corrected chi connectivity index (χ1v) is 11.2. The van der Waals surface area contributed by atoms with Crippen molar-refractivity contribution in [1.29, 1.82) is 0 Å². The normalized spacial score (nSPS) is 11.8. The number of rotatable bonds is 5. The van der Waals surface area contributed by atoms with Gasteiger partial charge < -0.3 is 16.0 Å². The fourth-order valence-corrected chi connectivity index (χ4v) is 5.38. The van der Waals surface area contributed by atoms with E-state index >= 15 is 0 Å². The highest BCUT2D eigenvalue weighted by Crippen LogP contribution is 2.47. The molecule has 3 nitrogen and oxygen atoms in total. The van der Waals surface area contributed by atoms with Crippen LogP contribution >= 0.6 is 11.3 Å². The molecule has 4 N–H and O–H groups in total. The summed E-state index contributed by atoms with van der Waals surface area (Å²) in [6, 6.07) is 24.8. The van der Waals surface area contributed by atoms with Crippen LogP contribution in [0.25, 0.3) is 42.8 Å². The second-order valence-corrected chi connectivity index (χ2v) is 8.62. The second kappa shape index (κ2) is 7.91. The number of aromatic nitrogens is 1. The van der Waals surface area contributed by atoms with Crippen LogP contribution < -0.4 is 11.5 Å². The summed E-state index contributed by atoms with van der Waals surface area (Å²) in [4.78, 5) is 0.988. The first kappa shape index (κ1) is 19.9. The van der Waals surface area contributed by atoms with Gasteiger partial charge in [0.05, 0.1) is 27.5 Å². The molecule has 2 aromatic heterocycles. The van der Waals surface area contributed by atoms with E-state index in [1.165, 1.54) is 0 Å². The average Bonchev–Trinajstić information content (AvgIpc) is 3.32. The van der Waals surface area contributed by atoms with E-state index in [0.717, 1.165) is 59.8 Å². The molecule has 2 heterocycles. The van der Waals surface area contributed by atoms with Crippen molar-refractivity contribution in [2.45, 2.75) is 0 Å². The summed E-state index contributed by atoms with van der Waals surface area (Å²) in [5, 5.41) is 2.08. The molecule has 4 heteroatoms. The smallest absolute Gasteiger partial charge is 0.0894 e. The average molecular weight is 434 g/mol. The lowest BCUT2D eigenvalue weighted by Gasteiger charge is -2.12. The van der Waals surface area contributed by atoms with Crippen molar-refractivity contribution in [2.24, 2.45) is 0 Å². The van der Waals surface area contributed by atoms with Gasteiger partial charge in [-0.15, -0.1) is 11.3 Å². The van der Waals surface area contributed by atoms with Crippen molar-refractivity contribution in [3.63, 3.8) is 0 Å². The van der Waals surface area contributed by atoms with E-state index in [9.17, 15) is 0 Å². The van der Waals surface area contributed by atoms with Gasteiger partial charge in [-0.2, -0.15) is 0 Å². The van der Waals surface area contributed by atoms with Crippen LogP contribution in [0, 0.1) is 0 Å². The molecule has 0 atom stereocenters. The van der Waals surface area contributed by atoms with Crippen molar-refractivity contribution in [3.05, 3.63) is 110 Å². The molecule has 5 rings (SSSR count). The zero-order valence-electron chi connectivity index (χ0n) is 17.6. The number of para-hydroxylation sites is 1. The van der Waals surface area contributed by atoms with Crippen LogP contribution in [0.1, 0.15) is 5.56 Å². The predicted molar refractivity (Wildman–Crippen MR) is 141 cm³/mol. The molecule has 0 saturated carbocycles. The largest absolute Gasteiger partial charge is 0.397 e. The lowest BCUT2D eigenvalue weighted by atomic mass is 10.1. The molecule has 0 saturated heterocycles. The van der Waals surface area contributed by atoms with E-state index in [2.05, 4.69) is 66.3 Å². The van der Waals surface area contributed by atoms with Crippen molar-refractivity contribution in [1.82, 2.24) is 4.57 Å². The number of anilines is 2. The first-order valence-electron chi connectivity index (χ1n) is 10.4. The summed E-state index contributed by atoms with van der Waals surface area (Å²) in [7, 11) is 0. The first-order chi connectivity index (χ1) is 15.6. The Hall–Kier alpha value is -4.02. The maximum absolute atomic E-state index is 6.74. The molecule has 0 aliphatic carbocycles. The highest BCUT2D eigenvalue weighted by atomic mass is 32.1. The van der Waals surface area contributed by atoms with Gasteiger partial charge in [0.1, 0.15) is 0 Å². The van der Waals surface area contributed by atoms with Crippen LogP contribution in [-0.2, 0) is 0 Å². The van der Waals surface area contributed by atoms with E-state index in [1.807, 2.05) is 36.4 Å². The molecular formula is C28H23N3S. The Bertz CT molecular complexity index is 1510. The van der Waals surface area contributed by atoms with Gasteiger partial charge in [0, 0.05) is 21.2 Å².